The van der Waals surface area contributed by atoms with Gasteiger partial charge in [-0.1, -0.05) is 15.9 Å². The predicted octanol–water partition coefficient (Wildman–Crippen LogP) is 1.75. The van der Waals surface area contributed by atoms with Crippen LogP contribution in [-0.4, -0.2) is 45.7 Å². The van der Waals surface area contributed by atoms with Crippen molar-refractivity contribution in [2.45, 2.75) is 6.92 Å². The summed E-state index contributed by atoms with van der Waals surface area (Å²) in [6.45, 7) is 1.43. The van der Waals surface area contributed by atoms with E-state index in [9.17, 15) is 14.7 Å². The second kappa shape index (κ2) is 10.3. The molecule has 0 spiro atoms. The number of hydrazine groups is 1. The highest BCUT2D eigenvalue weighted by atomic mass is 79.9. The Morgan fingerprint density at radius 3 is 2.88 bits per heavy atom. The maximum Gasteiger partial charge on any atom is 0.280 e. The summed E-state index contributed by atoms with van der Waals surface area (Å²) < 4.78 is 6.85. The number of carbonyl (C=O) groups excluding carboxylic acids is 1. The average molecular weight is 519 g/mol. The first-order chi connectivity index (χ1) is 15.3. The van der Waals surface area contributed by atoms with Crippen molar-refractivity contribution in [3.63, 3.8) is 0 Å². The van der Waals surface area contributed by atoms with Crippen molar-refractivity contribution in [3.05, 3.63) is 62.6 Å². The van der Waals surface area contributed by atoms with Crippen LogP contribution in [0.4, 0.5) is 0 Å². The highest BCUT2D eigenvalue weighted by Crippen LogP contribution is 2.25. The molecule has 0 fully saturated rings. The zero-order valence-electron chi connectivity index (χ0n) is 17.0. The Bertz CT molecular complexity index is 1280. The van der Waals surface area contributed by atoms with Gasteiger partial charge in [-0.05, 0) is 61.1 Å². The van der Waals surface area contributed by atoms with Crippen LogP contribution >= 0.6 is 28.1 Å². The van der Waals surface area contributed by atoms with Crippen molar-refractivity contribution in [3.8, 4) is 11.5 Å². The standard InChI is InChI=1S/C20H19BrN6O4S/c1-11-24-15-5-4-13(21)8-14(15)19(30)27(11)26-18(29)10-23-25-20(32)22-9-12-3-6-16(28)17(7-12)31-2/h3-9,23,28H,10H2,1-2H3,(H,25,32)(H,26,29)/b22-9+. The van der Waals surface area contributed by atoms with E-state index in [1.807, 2.05) is 0 Å². The molecule has 0 atom stereocenters. The SMILES string of the molecule is COc1cc(/C=N/C(=S)NNCC(=O)Nn2c(C)nc3ccc(Br)cc3c2=O)ccc1O. The maximum atomic E-state index is 12.7. The van der Waals surface area contributed by atoms with E-state index in [1.165, 1.54) is 19.4 Å². The van der Waals surface area contributed by atoms with Crippen LogP contribution < -0.4 is 26.6 Å². The van der Waals surface area contributed by atoms with Gasteiger partial charge in [0.25, 0.3) is 11.5 Å². The molecule has 0 bridgehead atoms. The van der Waals surface area contributed by atoms with Gasteiger partial charge in [0.15, 0.2) is 11.5 Å². The average Bonchev–Trinajstić information content (AvgIpc) is 2.76. The number of carbonyl (C=O) groups is 1. The number of benzene rings is 2. The molecule has 0 aliphatic heterocycles. The number of thiocarbonyl (C=S) groups is 1. The molecule has 32 heavy (non-hydrogen) atoms. The molecule has 10 nitrogen and oxygen atoms in total. The molecule has 1 heterocycles. The molecule has 12 heteroatoms. The van der Waals surface area contributed by atoms with Crippen molar-refractivity contribution in [1.82, 2.24) is 20.5 Å². The number of phenolic OH excluding ortho intramolecular Hbond substituents is 1. The van der Waals surface area contributed by atoms with Gasteiger partial charge in [0.1, 0.15) is 5.82 Å². The van der Waals surface area contributed by atoms with Crippen LogP contribution in [-0.2, 0) is 4.79 Å². The Balaban J connectivity index is 1.56. The molecule has 0 aliphatic carbocycles. The lowest BCUT2D eigenvalue weighted by Gasteiger charge is -2.13. The fourth-order valence-electron chi connectivity index (χ4n) is 2.70. The number of aliphatic imine (C=N–C) groups is 1. The number of amides is 1. The van der Waals surface area contributed by atoms with E-state index in [0.29, 0.717) is 28.0 Å². The van der Waals surface area contributed by atoms with Crippen LogP contribution in [0.2, 0.25) is 0 Å². The smallest absolute Gasteiger partial charge is 0.280 e. The predicted molar refractivity (Wildman–Crippen MR) is 129 cm³/mol. The number of aryl methyl sites for hydroxylation is 1. The zero-order valence-corrected chi connectivity index (χ0v) is 19.5. The molecular formula is C20H19BrN6O4S. The van der Waals surface area contributed by atoms with Crippen molar-refractivity contribution in [2.75, 3.05) is 19.1 Å². The van der Waals surface area contributed by atoms with Crippen molar-refractivity contribution in [2.24, 2.45) is 4.99 Å². The number of rotatable bonds is 6. The van der Waals surface area contributed by atoms with E-state index in [0.717, 1.165) is 9.15 Å². The normalized spacial score (nSPS) is 11.0. The fraction of sp³-hybridized carbons (Fsp3) is 0.150. The number of nitrogens with one attached hydrogen (secondary N) is 3. The summed E-state index contributed by atoms with van der Waals surface area (Å²) in [6.07, 6.45) is 1.47. The third-order valence-electron chi connectivity index (χ3n) is 4.21. The van der Waals surface area contributed by atoms with Crippen LogP contribution in [0.3, 0.4) is 0 Å². The molecule has 0 unspecified atom stereocenters. The van der Waals surface area contributed by atoms with Gasteiger partial charge in [-0.15, -0.1) is 0 Å². The van der Waals surface area contributed by atoms with Gasteiger partial charge >= 0.3 is 0 Å². The van der Waals surface area contributed by atoms with Crippen molar-refractivity contribution in [1.29, 1.82) is 0 Å². The lowest BCUT2D eigenvalue weighted by atomic mass is 10.2. The van der Waals surface area contributed by atoms with Crippen molar-refractivity contribution >= 4 is 56.3 Å². The second-order valence-electron chi connectivity index (χ2n) is 6.47. The topological polar surface area (TPSA) is 130 Å². The van der Waals surface area contributed by atoms with E-state index in [1.54, 1.807) is 37.3 Å². The summed E-state index contributed by atoms with van der Waals surface area (Å²) in [6, 6.07) is 9.87. The van der Waals surface area contributed by atoms with Gasteiger partial charge in [0.2, 0.25) is 5.11 Å². The summed E-state index contributed by atoms with van der Waals surface area (Å²) in [7, 11) is 1.44. The highest BCUT2D eigenvalue weighted by Gasteiger charge is 2.11. The number of phenols is 1. The number of halogens is 1. The summed E-state index contributed by atoms with van der Waals surface area (Å²) in [4.78, 5) is 33.3. The van der Waals surface area contributed by atoms with E-state index in [2.05, 4.69) is 42.2 Å². The lowest BCUT2D eigenvalue weighted by Crippen LogP contribution is -2.44. The Morgan fingerprint density at radius 2 is 2.12 bits per heavy atom. The largest absolute Gasteiger partial charge is 0.504 e. The lowest BCUT2D eigenvalue weighted by molar-refractivity contribution is -0.116. The molecule has 2 aromatic carbocycles. The first-order valence-electron chi connectivity index (χ1n) is 9.21. The van der Waals surface area contributed by atoms with Gasteiger partial charge in [-0.25, -0.2) is 20.1 Å². The molecule has 0 saturated heterocycles. The fourth-order valence-corrected chi connectivity index (χ4v) is 3.19. The van der Waals surface area contributed by atoms with Gasteiger partial charge in [-0.3, -0.25) is 20.4 Å². The summed E-state index contributed by atoms with van der Waals surface area (Å²) in [5, 5.41) is 10.1. The number of methoxy groups -OCH3 is 1. The Kier molecular flexibility index (Phi) is 7.51. The van der Waals surface area contributed by atoms with Crippen LogP contribution in [0.1, 0.15) is 11.4 Å². The van der Waals surface area contributed by atoms with Crippen LogP contribution in [0.15, 0.2) is 50.7 Å². The Morgan fingerprint density at radius 1 is 1.34 bits per heavy atom. The molecule has 1 aromatic heterocycles. The number of aromatic hydroxyl groups is 1. The van der Waals surface area contributed by atoms with Crippen LogP contribution in [0.5, 0.6) is 11.5 Å². The first-order valence-corrected chi connectivity index (χ1v) is 10.4. The van der Waals surface area contributed by atoms with Crippen LogP contribution in [0.25, 0.3) is 10.9 Å². The molecule has 3 rings (SSSR count). The van der Waals surface area contributed by atoms with Gasteiger partial charge in [0, 0.05) is 10.7 Å². The minimum Gasteiger partial charge on any atom is -0.504 e. The third kappa shape index (κ3) is 5.66. The van der Waals surface area contributed by atoms with E-state index in [4.69, 9.17) is 17.0 Å². The third-order valence-corrected chi connectivity index (χ3v) is 4.91. The molecule has 1 amide bonds. The molecular weight excluding hydrogens is 500 g/mol. The van der Waals surface area contributed by atoms with Gasteiger partial charge < -0.3 is 9.84 Å². The number of nitrogens with zero attached hydrogens (tertiary/aromatic N) is 3. The highest BCUT2D eigenvalue weighted by molar-refractivity contribution is 9.10. The number of hydrogen-bond donors (Lipinski definition) is 4. The molecule has 4 N–H and O–H groups in total. The number of hydrogen-bond acceptors (Lipinski definition) is 7. The van der Waals surface area contributed by atoms with Gasteiger partial charge in [-0.2, -0.15) is 0 Å². The summed E-state index contributed by atoms with van der Waals surface area (Å²) in [5.74, 6) is 0.176. The molecule has 0 saturated carbocycles. The molecule has 166 valence electrons. The van der Waals surface area contributed by atoms with E-state index >= 15 is 0 Å². The molecule has 0 aliphatic rings. The molecule has 0 radical (unpaired) electrons. The number of ether oxygens (including phenoxy) is 1. The molecule has 3 aromatic rings. The summed E-state index contributed by atoms with van der Waals surface area (Å²) >= 11 is 8.40. The van der Waals surface area contributed by atoms with Crippen molar-refractivity contribution < 1.29 is 14.6 Å². The quantitative estimate of drug-likeness (QED) is 0.220. The zero-order chi connectivity index (χ0) is 23.3. The second-order valence-corrected chi connectivity index (χ2v) is 7.77. The Hall–Kier alpha value is -3.35. The maximum absolute atomic E-state index is 12.7. The minimum atomic E-state index is -0.492. The van der Waals surface area contributed by atoms with Crippen LogP contribution in [0, 0.1) is 6.92 Å². The Labute approximate surface area is 196 Å². The minimum absolute atomic E-state index is 0.0154. The van der Waals surface area contributed by atoms with Gasteiger partial charge in [0.05, 0.1) is 24.6 Å². The monoisotopic (exact) mass is 518 g/mol. The van der Waals surface area contributed by atoms with E-state index in [-0.39, 0.29) is 23.0 Å². The first kappa shape index (κ1) is 23.3. The number of fused-ring (bicyclic) bond motifs is 1. The van der Waals surface area contributed by atoms with E-state index < -0.39 is 5.91 Å². The number of aromatic nitrogens is 2. The summed E-state index contributed by atoms with van der Waals surface area (Å²) in [5.41, 5.74) is 8.55.